The highest BCUT2D eigenvalue weighted by Crippen LogP contribution is 2.30. The van der Waals surface area contributed by atoms with E-state index in [0.29, 0.717) is 10.7 Å². The van der Waals surface area contributed by atoms with Crippen LogP contribution >= 0.6 is 11.6 Å². The van der Waals surface area contributed by atoms with Crippen molar-refractivity contribution in [2.24, 2.45) is 0 Å². The van der Waals surface area contributed by atoms with Crippen molar-refractivity contribution in [2.75, 3.05) is 0 Å². The molecule has 0 aromatic carbocycles. The predicted octanol–water partition coefficient (Wildman–Crippen LogP) is 2.64. The Morgan fingerprint density at radius 3 is 2.63 bits per heavy atom. The van der Waals surface area contributed by atoms with E-state index in [1.54, 1.807) is 0 Å². The molecular formula is C10H5ClF3N3O2. The summed E-state index contributed by atoms with van der Waals surface area (Å²) in [6.45, 7) is 0. The van der Waals surface area contributed by atoms with E-state index in [4.69, 9.17) is 16.7 Å². The molecule has 0 spiro atoms. The fourth-order valence-electron chi connectivity index (χ4n) is 1.37. The van der Waals surface area contributed by atoms with Crippen molar-refractivity contribution in [1.82, 2.24) is 14.8 Å². The zero-order valence-electron chi connectivity index (χ0n) is 9.02. The first kappa shape index (κ1) is 13.3. The zero-order valence-corrected chi connectivity index (χ0v) is 9.77. The lowest BCUT2D eigenvalue weighted by molar-refractivity contribution is -0.141. The molecule has 0 aliphatic heterocycles. The number of carboxylic acids is 1. The Morgan fingerprint density at radius 2 is 2.11 bits per heavy atom. The molecule has 0 fully saturated rings. The number of aromatic nitrogens is 3. The van der Waals surface area contributed by atoms with Crippen LogP contribution in [0.5, 0.6) is 0 Å². The van der Waals surface area contributed by atoms with Crippen molar-refractivity contribution in [3.63, 3.8) is 0 Å². The molecule has 1 N–H and O–H groups in total. The maximum atomic E-state index is 12.5. The summed E-state index contributed by atoms with van der Waals surface area (Å²) in [4.78, 5) is 14.7. The molecule has 0 saturated heterocycles. The maximum absolute atomic E-state index is 12.5. The number of aromatic carboxylic acids is 1. The average Bonchev–Trinajstić information content (AvgIpc) is 2.74. The average molecular weight is 292 g/mol. The van der Waals surface area contributed by atoms with Gasteiger partial charge in [0.1, 0.15) is 0 Å². The van der Waals surface area contributed by atoms with Gasteiger partial charge >= 0.3 is 12.1 Å². The summed E-state index contributed by atoms with van der Waals surface area (Å²) in [7, 11) is 0. The predicted molar refractivity (Wildman–Crippen MR) is 58.3 cm³/mol. The molecule has 0 aliphatic rings. The smallest absolute Gasteiger partial charge is 0.435 e. The largest absolute Gasteiger partial charge is 0.477 e. The maximum Gasteiger partial charge on any atom is 0.435 e. The summed E-state index contributed by atoms with van der Waals surface area (Å²) in [6.07, 6.45) is -3.49. The highest BCUT2D eigenvalue weighted by Gasteiger charge is 2.36. The van der Waals surface area contributed by atoms with Gasteiger partial charge < -0.3 is 5.11 Å². The summed E-state index contributed by atoms with van der Waals surface area (Å²) in [5.41, 5.74) is -2.00. The number of rotatable bonds is 2. The molecule has 9 heteroatoms. The molecular weight excluding hydrogens is 287 g/mol. The van der Waals surface area contributed by atoms with Gasteiger partial charge in [0.15, 0.2) is 17.2 Å². The van der Waals surface area contributed by atoms with Gasteiger partial charge in [0, 0.05) is 12.3 Å². The van der Waals surface area contributed by atoms with E-state index in [1.807, 2.05) is 0 Å². The summed E-state index contributed by atoms with van der Waals surface area (Å²) in [6, 6.07) is 3.25. The second kappa shape index (κ2) is 4.54. The van der Waals surface area contributed by atoms with Crippen LogP contribution in [0, 0.1) is 0 Å². The Labute approximate surface area is 109 Å². The van der Waals surface area contributed by atoms with Gasteiger partial charge in [0.25, 0.3) is 0 Å². The molecule has 0 bridgehead atoms. The standard InChI is InChI=1S/C10H5ClF3N3O2/c11-5-2-1-3-15-8(5)17-6(9(18)19)4-7(16-17)10(12,13)14/h1-4H,(H,18,19). The van der Waals surface area contributed by atoms with Gasteiger partial charge in [-0.15, -0.1) is 0 Å². The summed E-state index contributed by atoms with van der Waals surface area (Å²) < 4.78 is 38.2. The van der Waals surface area contributed by atoms with Gasteiger partial charge in [-0.25, -0.2) is 14.5 Å². The molecule has 0 radical (unpaired) electrons. The Hall–Kier alpha value is -2.09. The molecule has 0 aliphatic carbocycles. The normalized spacial score (nSPS) is 11.6. The van der Waals surface area contributed by atoms with Crippen LogP contribution in [0.25, 0.3) is 5.82 Å². The molecule has 0 atom stereocenters. The van der Waals surface area contributed by atoms with E-state index in [9.17, 15) is 18.0 Å². The fourth-order valence-corrected chi connectivity index (χ4v) is 1.57. The molecule has 2 heterocycles. The van der Waals surface area contributed by atoms with E-state index in [1.165, 1.54) is 18.3 Å². The second-order valence-electron chi connectivity index (χ2n) is 3.44. The van der Waals surface area contributed by atoms with Crippen LogP contribution in [0.1, 0.15) is 16.2 Å². The first-order valence-corrected chi connectivity index (χ1v) is 5.20. The monoisotopic (exact) mass is 291 g/mol. The van der Waals surface area contributed by atoms with Gasteiger partial charge in [-0.05, 0) is 12.1 Å². The van der Waals surface area contributed by atoms with Gasteiger partial charge in [-0.2, -0.15) is 18.3 Å². The second-order valence-corrected chi connectivity index (χ2v) is 3.85. The molecule has 0 saturated carbocycles. The molecule has 2 aromatic heterocycles. The van der Waals surface area contributed by atoms with Crippen LogP contribution in [-0.2, 0) is 6.18 Å². The van der Waals surface area contributed by atoms with Crippen LogP contribution < -0.4 is 0 Å². The number of halogens is 4. The quantitative estimate of drug-likeness (QED) is 0.923. The number of carbonyl (C=O) groups is 1. The van der Waals surface area contributed by atoms with Crippen LogP contribution in [-0.4, -0.2) is 25.8 Å². The van der Waals surface area contributed by atoms with Gasteiger partial charge in [-0.3, -0.25) is 0 Å². The third kappa shape index (κ3) is 2.53. The van der Waals surface area contributed by atoms with E-state index < -0.39 is 23.5 Å². The topological polar surface area (TPSA) is 68.0 Å². The summed E-state index contributed by atoms with van der Waals surface area (Å²) in [5, 5.41) is 12.1. The van der Waals surface area contributed by atoms with Gasteiger partial charge in [-0.1, -0.05) is 11.6 Å². The molecule has 100 valence electrons. The van der Waals surface area contributed by atoms with Crippen LogP contribution in [0.3, 0.4) is 0 Å². The van der Waals surface area contributed by atoms with Crippen LogP contribution in [0.4, 0.5) is 13.2 Å². The third-order valence-corrected chi connectivity index (χ3v) is 2.45. The van der Waals surface area contributed by atoms with Crippen LogP contribution in [0.15, 0.2) is 24.4 Å². The minimum atomic E-state index is -4.75. The number of hydrogen-bond acceptors (Lipinski definition) is 3. The minimum Gasteiger partial charge on any atom is -0.477 e. The van der Waals surface area contributed by atoms with Gasteiger partial charge in [0.05, 0.1) is 5.02 Å². The number of carboxylic acid groups (broad SMARTS) is 1. The fraction of sp³-hybridized carbons (Fsp3) is 0.100. The molecule has 2 rings (SSSR count). The number of nitrogens with zero attached hydrogens (tertiary/aromatic N) is 3. The highest BCUT2D eigenvalue weighted by molar-refractivity contribution is 6.32. The molecule has 2 aromatic rings. The van der Waals surface area contributed by atoms with Crippen molar-refractivity contribution < 1.29 is 23.1 Å². The zero-order chi connectivity index (χ0) is 14.2. The number of pyridine rings is 1. The first-order chi connectivity index (χ1) is 8.80. The van der Waals surface area contributed by atoms with Crippen molar-refractivity contribution in [1.29, 1.82) is 0 Å². The van der Waals surface area contributed by atoms with Crippen molar-refractivity contribution in [3.05, 3.63) is 40.8 Å². The summed E-state index contributed by atoms with van der Waals surface area (Å²) in [5.74, 6) is -1.75. The Kier molecular flexibility index (Phi) is 3.19. The highest BCUT2D eigenvalue weighted by atomic mass is 35.5. The van der Waals surface area contributed by atoms with E-state index in [-0.39, 0.29) is 10.8 Å². The molecule has 19 heavy (non-hydrogen) atoms. The van der Waals surface area contributed by atoms with Crippen molar-refractivity contribution >= 4 is 17.6 Å². The Bertz CT molecular complexity index is 639. The Balaban J connectivity index is 2.66. The van der Waals surface area contributed by atoms with Crippen molar-refractivity contribution in [3.8, 4) is 5.82 Å². The van der Waals surface area contributed by atoms with Crippen molar-refractivity contribution in [2.45, 2.75) is 6.18 Å². The molecule has 0 unspecified atom stereocenters. The SMILES string of the molecule is O=C(O)c1cc(C(F)(F)F)nn1-c1ncccc1Cl. The molecule has 5 nitrogen and oxygen atoms in total. The lowest BCUT2D eigenvalue weighted by Gasteiger charge is -2.05. The number of alkyl halides is 3. The lowest BCUT2D eigenvalue weighted by Crippen LogP contribution is -2.11. The van der Waals surface area contributed by atoms with Crippen LogP contribution in [0.2, 0.25) is 5.02 Å². The first-order valence-electron chi connectivity index (χ1n) is 4.82. The van der Waals surface area contributed by atoms with E-state index >= 15 is 0 Å². The van der Waals surface area contributed by atoms with E-state index in [0.717, 1.165) is 0 Å². The minimum absolute atomic E-state index is 0.0122. The lowest BCUT2D eigenvalue weighted by atomic mass is 10.3. The van der Waals surface area contributed by atoms with Gasteiger partial charge in [0.2, 0.25) is 0 Å². The van der Waals surface area contributed by atoms with E-state index in [2.05, 4.69) is 10.1 Å². The summed E-state index contributed by atoms with van der Waals surface area (Å²) >= 11 is 5.76. The third-order valence-electron chi connectivity index (χ3n) is 2.16. The molecule has 0 amide bonds. The Morgan fingerprint density at radius 1 is 1.42 bits per heavy atom. The number of hydrogen-bond donors (Lipinski definition) is 1.